The number of Topliss-reactive ketones (excluding diaryl/α,β-unsaturated/α-hetero) is 1. The predicted octanol–water partition coefficient (Wildman–Crippen LogP) is 6.34. The van der Waals surface area contributed by atoms with Crippen LogP contribution < -0.4 is 4.74 Å². The van der Waals surface area contributed by atoms with Crippen molar-refractivity contribution in [2.24, 2.45) is 0 Å². The number of benzene rings is 3. The fourth-order valence-corrected chi connectivity index (χ4v) is 4.40. The first-order valence-electron chi connectivity index (χ1n) is 11.0. The van der Waals surface area contributed by atoms with Crippen molar-refractivity contribution in [2.45, 2.75) is 39.2 Å². The second-order valence-electron chi connectivity index (χ2n) is 8.46. The van der Waals surface area contributed by atoms with E-state index < -0.39 is 0 Å². The molecule has 0 unspecified atom stereocenters. The van der Waals surface area contributed by atoms with Crippen molar-refractivity contribution in [2.75, 3.05) is 7.11 Å². The average Bonchev–Trinajstić information content (AvgIpc) is 3.11. The Hall–Kier alpha value is -3.53. The zero-order valence-corrected chi connectivity index (χ0v) is 18.8. The van der Waals surface area contributed by atoms with E-state index in [9.17, 15) is 9.90 Å². The SMILES string of the molecule is COc1cccc(CCC(=O)c2c(C(C)C)n(Cc3ccccc3)c3ccc(O)cc23)c1. The first kappa shape index (κ1) is 21.7. The highest BCUT2D eigenvalue weighted by atomic mass is 16.5. The molecule has 3 aromatic carbocycles. The molecule has 32 heavy (non-hydrogen) atoms. The summed E-state index contributed by atoms with van der Waals surface area (Å²) in [5.74, 6) is 1.22. The van der Waals surface area contributed by atoms with Crippen LogP contribution in [0.25, 0.3) is 10.9 Å². The average molecular weight is 428 g/mol. The van der Waals surface area contributed by atoms with Crippen molar-refractivity contribution in [3.8, 4) is 11.5 Å². The summed E-state index contributed by atoms with van der Waals surface area (Å²) in [7, 11) is 1.65. The summed E-state index contributed by atoms with van der Waals surface area (Å²) in [5, 5.41) is 11.0. The summed E-state index contributed by atoms with van der Waals surface area (Å²) in [6, 6.07) is 23.4. The lowest BCUT2D eigenvalue weighted by molar-refractivity contribution is 0.0983. The molecule has 0 radical (unpaired) electrons. The maximum Gasteiger partial charge on any atom is 0.165 e. The van der Waals surface area contributed by atoms with E-state index in [1.165, 1.54) is 5.56 Å². The molecule has 4 heteroatoms. The second-order valence-corrected chi connectivity index (χ2v) is 8.46. The summed E-state index contributed by atoms with van der Waals surface area (Å²) in [4.78, 5) is 13.6. The number of ketones is 1. The third-order valence-electron chi connectivity index (χ3n) is 5.87. The number of phenolic OH excluding ortho intramolecular Hbond substituents is 1. The second kappa shape index (κ2) is 9.31. The Morgan fingerprint density at radius 1 is 0.969 bits per heavy atom. The Morgan fingerprint density at radius 2 is 1.72 bits per heavy atom. The number of ether oxygens (including phenoxy) is 1. The van der Waals surface area contributed by atoms with Crippen LogP contribution in [0.1, 0.15) is 53.4 Å². The fraction of sp³-hybridized carbons (Fsp3) is 0.250. The van der Waals surface area contributed by atoms with Gasteiger partial charge in [0.25, 0.3) is 0 Å². The fourth-order valence-electron chi connectivity index (χ4n) is 4.40. The zero-order chi connectivity index (χ0) is 22.7. The molecular formula is C28H29NO3. The largest absolute Gasteiger partial charge is 0.508 e. The highest BCUT2D eigenvalue weighted by Gasteiger charge is 2.24. The van der Waals surface area contributed by atoms with Crippen LogP contribution in [0.4, 0.5) is 0 Å². The number of hydrogen-bond donors (Lipinski definition) is 1. The summed E-state index contributed by atoms with van der Waals surface area (Å²) < 4.78 is 7.54. The maximum atomic E-state index is 13.6. The van der Waals surface area contributed by atoms with E-state index in [2.05, 4.69) is 30.5 Å². The van der Waals surface area contributed by atoms with E-state index in [0.29, 0.717) is 19.4 Å². The molecule has 164 valence electrons. The van der Waals surface area contributed by atoms with Gasteiger partial charge in [-0.1, -0.05) is 56.3 Å². The van der Waals surface area contributed by atoms with Crippen LogP contribution in [0.5, 0.6) is 11.5 Å². The van der Waals surface area contributed by atoms with Crippen LogP contribution in [-0.2, 0) is 13.0 Å². The first-order chi connectivity index (χ1) is 15.5. The highest BCUT2D eigenvalue weighted by Crippen LogP contribution is 2.35. The lowest BCUT2D eigenvalue weighted by Gasteiger charge is -2.15. The van der Waals surface area contributed by atoms with E-state index in [1.54, 1.807) is 19.2 Å². The molecule has 0 saturated heterocycles. The van der Waals surface area contributed by atoms with Crippen molar-refractivity contribution in [1.82, 2.24) is 4.57 Å². The van der Waals surface area contributed by atoms with Crippen LogP contribution in [0.3, 0.4) is 0 Å². The number of carbonyl (C=O) groups is 1. The molecule has 1 N–H and O–H groups in total. The molecule has 0 atom stereocenters. The summed E-state index contributed by atoms with van der Waals surface area (Å²) in [5.41, 5.74) is 4.96. The molecular weight excluding hydrogens is 398 g/mol. The molecule has 4 rings (SSSR count). The Bertz CT molecular complexity index is 1240. The van der Waals surface area contributed by atoms with Crippen LogP contribution >= 0.6 is 0 Å². The van der Waals surface area contributed by atoms with E-state index in [0.717, 1.165) is 33.5 Å². The minimum atomic E-state index is 0.0962. The van der Waals surface area contributed by atoms with Gasteiger partial charge in [0.1, 0.15) is 11.5 Å². The van der Waals surface area contributed by atoms with E-state index in [-0.39, 0.29) is 17.5 Å². The molecule has 0 aliphatic carbocycles. The van der Waals surface area contributed by atoms with Gasteiger partial charge in [-0.15, -0.1) is 0 Å². The predicted molar refractivity (Wildman–Crippen MR) is 129 cm³/mol. The molecule has 0 fully saturated rings. The molecule has 0 saturated carbocycles. The molecule has 1 aromatic heterocycles. The van der Waals surface area contributed by atoms with E-state index in [1.807, 2.05) is 48.5 Å². The Balaban J connectivity index is 1.76. The normalized spacial score (nSPS) is 11.2. The topological polar surface area (TPSA) is 51.5 Å². The lowest BCUT2D eigenvalue weighted by Crippen LogP contribution is -2.11. The molecule has 0 bridgehead atoms. The first-order valence-corrected chi connectivity index (χ1v) is 11.0. The number of nitrogens with zero attached hydrogens (tertiary/aromatic N) is 1. The van der Waals surface area contributed by atoms with Gasteiger partial charge in [0.2, 0.25) is 0 Å². The molecule has 0 amide bonds. The van der Waals surface area contributed by atoms with Gasteiger partial charge in [-0.05, 0) is 53.8 Å². The molecule has 4 aromatic rings. The van der Waals surface area contributed by atoms with Gasteiger partial charge in [-0.25, -0.2) is 0 Å². The number of carbonyl (C=O) groups excluding carboxylic acids is 1. The Labute approximate surface area is 189 Å². The Kier molecular flexibility index (Phi) is 6.31. The number of phenols is 1. The van der Waals surface area contributed by atoms with Gasteiger partial charge < -0.3 is 14.4 Å². The van der Waals surface area contributed by atoms with Gasteiger partial charge in [0.15, 0.2) is 5.78 Å². The number of aromatic nitrogens is 1. The van der Waals surface area contributed by atoms with Crippen molar-refractivity contribution >= 4 is 16.7 Å². The van der Waals surface area contributed by atoms with Crippen molar-refractivity contribution in [3.05, 3.63) is 95.2 Å². The number of rotatable bonds is 8. The van der Waals surface area contributed by atoms with Crippen LogP contribution in [0.2, 0.25) is 0 Å². The number of aryl methyl sites for hydroxylation is 1. The summed E-state index contributed by atoms with van der Waals surface area (Å²) in [6.07, 6.45) is 1.03. The number of aromatic hydroxyl groups is 1. The van der Waals surface area contributed by atoms with Gasteiger partial charge >= 0.3 is 0 Å². The van der Waals surface area contributed by atoms with Gasteiger partial charge in [0, 0.05) is 35.1 Å². The minimum Gasteiger partial charge on any atom is -0.508 e. The van der Waals surface area contributed by atoms with Crippen LogP contribution in [0, 0.1) is 0 Å². The molecule has 0 spiro atoms. The van der Waals surface area contributed by atoms with Crippen LogP contribution in [-0.4, -0.2) is 22.6 Å². The van der Waals surface area contributed by atoms with Gasteiger partial charge in [0.05, 0.1) is 7.11 Å². The monoisotopic (exact) mass is 427 g/mol. The Morgan fingerprint density at radius 3 is 2.44 bits per heavy atom. The minimum absolute atomic E-state index is 0.0962. The highest BCUT2D eigenvalue weighted by molar-refractivity contribution is 6.10. The lowest BCUT2D eigenvalue weighted by atomic mass is 9.96. The van der Waals surface area contributed by atoms with Crippen molar-refractivity contribution in [1.29, 1.82) is 0 Å². The van der Waals surface area contributed by atoms with Crippen molar-refractivity contribution in [3.63, 3.8) is 0 Å². The maximum absolute atomic E-state index is 13.6. The van der Waals surface area contributed by atoms with Crippen molar-refractivity contribution < 1.29 is 14.6 Å². The molecule has 0 aliphatic rings. The number of fused-ring (bicyclic) bond motifs is 1. The third kappa shape index (κ3) is 4.40. The smallest absolute Gasteiger partial charge is 0.165 e. The van der Waals surface area contributed by atoms with E-state index in [4.69, 9.17) is 4.74 Å². The van der Waals surface area contributed by atoms with E-state index >= 15 is 0 Å². The number of hydrogen-bond acceptors (Lipinski definition) is 3. The standard InChI is InChI=1S/C28H29NO3/c1-19(2)28-27(26(31)15-12-20-10-7-11-23(16-20)32-3)24-17-22(30)13-14-25(24)29(28)18-21-8-5-4-6-9-21/h4-11,13-14,16-17,19,30H,12,15,18H2,1-3H3. The van der Waals surface area contributed by atoms with Crippen LogP contribution in [0.15, 0.2) is 72.8 Å². The van der Waals surface area contributed by atoms with Gasteiger partial charge in [-0.2, -0.15) is 0 Å². The number of methoxy groups -OCH3 is 1. The van der Waals surface area contributed by atoms with Gasteiger partial charge in [-0.3, -0.25) is 4.79 Å². The quantitative estimate of drug-likeness (QED) is 0.334. The molecule has 4 nitrogen and oxygen atoms in total. The zero-order valence-electron chi connectivity index (χ0n) is 18.8. The summed E-state index contributed by atoms with van der Waals surface area (Å²) >= 11 is 0. The summed E-state index contributed by atoms with van der Waals surface area (Å²) in [6.45, 7) is 4.92. The molecule has 0 aliphatic heterocycles. The molecule has 1 heterocycles. The third-order valence-corrected chi connectivity index (χ3v) is 5.87.